The number of benzene rings is 1. The van der Waals surface area contributed by atoms with Crippen LogP contribution in [0.2, 0.25) is 0 Å². The number of methoxy groups -OCH3 is 1. The number of amides is 1. The van der Waals surface area contributed by atoms with Gasteiger partial charge >= 0.3 is 0 Å². The van der Waals surface area contributed by atoms with Crippen LogP contribution in [0, 0.1) is 0 Å². The average molecular weight is 315 g/mol. The minimum Gasteiger partial charge on any atom is -0.496 e. The van der Waals surface area contributed by atoms with Gasteiger partial charge in [0.25, 0.3) is 0 Å². The summed E-state index contributed by atoms with van der Waals surface area (Å²) in [5, 5.41) is 2.82. The van der Waals surface area contributed by atoms with Crippen LogP contribution in [0.3, 0.4) is 0 Å². The van der Waals surface area contributed by atoms with Gasteiger partial charge in [-0.05, 0) is 40.5 Å². The minimum absolute atomic E-state index is 0.0620. The molecule has 1 rings (SSSR count). The second kappa shape index (κ2) is 7.38. The van der Waals surface area contributed by atoms with Crippen LogP contribution in [-0.2, 0) is 4.79 Å². The van der Waals surface area contributed by atoms with Gasteiger partial charge in [-0.15, -0.1) is 0 Å². The van der Waals surface area contributed by atoms with Gasteiger partial charge in [-0.2, -0.15) is 0 Å². The van der Waals surface area contributed by atoms with Crippen molar-refractivity contribution in [1.29, 1.82) is 0 Å². The number of rotatable bonds is 6. The molecule has 0 saturated carbocycles. The van der Waals surface area contributed by atoms with Crippen molar-refractivity contribution in [2.75, 3.05) is 12.4 Å². The molecular formula is C13H19BrN2O2. The molecule has 0 spiro atoms. The number of nitrogens with two attached hydrogens (primary N) is 1. The van der Waals surface area contributed by atoms with Crippen molar-refractivity contribution in [3.8, 4) is 5.75 Å². The van der Waals surface area contributed by atoms with Crippen molar-refractivity contribution >= 4 is 27.5 Å². The maximum atomic E-state index is 11.7. The Hall–Kier alpha value is -1.07. The molecule has 0 radical (unpaired) electrons. The zero-order chi connectivity index (χ0) is 13.5. The Bertz CT molecular complexity index is 410. The molecule has 0 fully saturated rings. The highest BCUT2D eigenvalue weighted by atomic mass is 79.9. The lowest BCUT2D eigenvalue weighted by atomic mass is 10.1. The molecule has 0 heterocycles. The first kappa shape index (κ1) is 15.0. The van der Waals surface area contributed by atoms with Crippen molar-refractivity contribution in [2.45, 2.75) is 32.2 Å². The third-order valence-electron chi connectivity index (χ3n) is 2.54. The standard InChI is InChI=1S/C13H19BrN2O2/c1-3-4-9(15)7-13(17)16-10-5-6-12(18-2)11(14)8-10/h5-6,8-9H,3-4,7,15H2,1-2H3,(H,16,17). The van der Waals surface area contributed by atoms with Crippen molar-refractivity contribution in [1.82, 2.24) is 0 Å². The van der Waals surface area contributed by atoms with Gasteiger partial charge < -0.3 is 15.8 Å². The van der Waals surface area contributed by atoms with Crippen LogP contribution in [0.15, 0.2) is 22.7 Å². The first-order valence-corrected chi connectivity index (χ1v) is 6.75. The fourth-order valence-corrected chi connectivity index (χ4v) is 2.21. The molecule has 1 unspecified atom stereocenters. The van der Waals surface area contributed by atoms with Crippen molar-refractivity contribution < 1.29 is 9.53 Å². The number of hydrogen-bond acceptors (Lipinski definition) is 3. The normalized spacial score (nSPS) is 12.0. The molecule has 1 aromatic carbocycles. The Morgan fingerprint density at radius 2 is 2.28 bits per heavy atom. The first-order chi connectivity index (χ1) is 8.56. The Kier molecular flexibility index (Phi) is 6.15. The summed E-state index contributed by atoms with van der Waals surface area (Å²) < 4.78 is 5.93. The number of hydrogen-bond donors (Lipinski definition) is 2. The van der Waals surface area contributed by atoms with E-state index in [1.54, 1.807) is 19.2 Å². The molecule has 5 heteroatoms. The van der Waals surface area contributed by atoms with Crippen LogP contribution in [0.1, 0.15) is 26.2 Å². The predicted octanol–water partition coefficient (Wildman–Crippen LogP) is 2.91. The highest BCUT2D eigenvalue weighted by molar-refractivity contribution is 9.10. The zero-order valence-electron chi connectivity index (χ0n) is 10.7. The lowest BCUT2D eigenvalue weighted by Crippen LogP contribution is -2.26. The summed E-state index contributed by atoms with van der Waals surface area (Å²) in [5.41, 5.74) is 6.56. The zero-order valence-corrected chi connectivity index (χ0v) is 12.3. The lowest BCUT2D eigenvalue weighted by molar-refractivity contribution is -0.116. The van der Waals surface area contributed by atoms with E-state index >= 15 is 0 Å². The highest BCUT2D eigenvalue weighted by Crippen LogP contribution is 2.27. The Balaban J connectivity index is 2.57. The second-order valence-electron chi connectivity index (χ2n) is 4.15. The largest absolute Gasteiger partial charge is 0.496 e. The summed E-state index contributed by atoms with van der Waals surface area (Å²) >= 11 is 3.37. The van der Waals surface area contributed by atoms with E-state index in [0.717, 1.165) is 28.8 Å². The summed E-state index contributed by atoms with van der Waals surface area (Å²) in [6.45, 7) is 2.05. The van der Waals surface area contributed by atoms with Gasteiger partial charge in [0.15, 0.2) is 0 Å². The van der Waals surface area contributed by atoms with Crippen molar-refractivity contribution in [2.24, 2.45) is 5.73 Å². The highest BCUT2D eigenvalue weighted by Gasteiger charge is 2.09. The summed E-state index contributed by atoms with van der Waals surface area (Å²) in [5.74, 6) is 0.670. The van der Waals surface area contributed by atoms with E-state index in [1.165, 1.54) is 0 Å². The van der Waals surface area contributed by atoms with Gasteiger partial charge in [0.2, 0.25) is 5.91 Å². The van der Waals surface area contributed by atoms with E-state index in [1.807, 2.05) is 6.07 Å². The fourth-order valence-electron chi connectivity index (χ4n) is 1.67. The van der Waals surface area contributed by atoms with Crippen LogP contribution >= 0.6 is 15.9 Å². The van der Waals surface area contributed by atoms with Gasteiger partial charge in [-0.3, -0.25) is 4.79 Å². The number of ether oxygens (including phenoxy) is 1. The van der Waals surface area contributed by atoms with Crippen LogP contribution in [0.25, 0.3) is 0 Å². The van der Waals surface area contributed by atoms with Gasteiger partial charge in [0, 0.05) is 18.2 Å². The summed E-state index contributed by atoms with van der Waals surface area (Å²) in [6.07, 6.45) is 2.19. The molecule has 4 nitrogen and oxygen atoms in total. The maximum Gasteiger partial charge on any atom is 0.225 e. The SMILES string of the molecule is CCCC(N)CC(=O)Nc1ccc(OC)c(Br)c1. The summed E-state index contributed by atoms with van der Waals surface area (Å²) in [6, 6.07) is 5.33. The molecular weight excluding hydrogens is 296 g/mol. The van der Waals surface area contributed by atoms with E-state index in [2.05, 4.69) is 28.2 Å². The molecule has 0 aliphatic heterocycles. The summed E-state index contributed by atoms with van der Waals surface area (Å²) in [7, 11) is 1.60. The Morgan fingerprint density at radius 1 is 1.56 bits per heavy atom. The van der Waals surface area contributed by atoms with Crippen LogP contribution in [0.5, 0.6) is 5.75 Å². The average Bonchev–Trinajstić information content (AvgIpc) is 2.29. The third kappa shape index (κ3) is 4.66. The van der Waals surface area contributed by atoms with Crippen LogP contribution in [-0.4, -0.2) is 19.1 Å². The van der Waals surface area contributed by atoms with Crippen LogP contribution < -0.4 is 15.8 Å². The predicted molar refractivity (Wildman–Crippen MR) is 76.8 cm³/mol. The minimum atomic E-state index is -0.0725. The fraction of sp³-hybridized carbons (Fsp3) is 0.462. The molecule has 1 atom stereocenters. The van der Waals surface area contributed by atoms with E-state index in [-0.39, 0.29) is 11.9 Å². The van der Waals surface area contributed by atoms with E-state index in [0.29, 0.717) is 6.42 Å². The monoisotopic (exact) mass is 314 g/mol. The number of halogens is 1. The molecule has 18 heavy (non-hydrogen) atoms. The number of carbonyl (C=O) groups excluding carboxylic acids is 1. The lowest BCUT2D eigenvalue weighted by Gasteiger charge is -2.11. The van der Waals surface area contributed by atoms with Crippen molar-refractivity contribution in [3.05, 3.63) is 22.7 Å². The molecule has 0 aliphatic carbocycles. The van der Waals surface area contributed by atoms with Crippen molar-refractivity contribution in [3.63, 3.8) is 0 Å². The Morgan fingerprint density at radius 3 is 2.83 bits per heavy atom. The molecule has 0 saturated heterocycles. The van der Waals surface area contributed by atoms with E-state index in [4.69, 9.17) is 10.5 Å². The number of carbonyl (C=O) groups is 1. The number of anilines is 1. The second-order valence-corrected chi connectivity index (χ2v) is 5.00. The Labute approximate surface area is 116 Å². The van der Waals surface area contributed by atoms with Gasteiger partial charge in [0.05, 0.1) is 11.6 Å². The first-order valence-electron chi connectivity index (χ1n) is 5.95. The molecule has 0 aliphatic rings. The van der Waals surface area contributed by atoms with E-state index < -0.39 is 0 Å². The smallest absolute Gasteiger partial charge is 0.225 e. The third-order valence-corrected chi connectivity index (χ3v) is 3.16. The molecule has 0 aromatic heterocycles. The molecule has 0 bridgehead atoms. The molecule has 100 valence electrons. The van der Waals surface area contributed by atoms with Crippen LogP contribution in [0.4, 0.5) is 5.69 Å². The molecule has 3 N–H and O–H groups in total. The molecule has 1 aromatic rings. The van der Waals surface area contributed by atoms with E-state index in [9.17, 15) is 4.79 Å². The quantitative estimate of drug-likeness (QED) is 0.848. The number of nitrogens with one attached hydrogen (secondary N) is 1. The molecule has 1 amide bonds. The maximum absolute atomic E-state index is 11.7. The van der Waals surface area contributed by atoms with Gasteiger partial charge in [-0.1, -0.05) is 13.3 Å². The topological polar surface area (TPSA) is 64.4 Å². The van der Waals surface area contributed by atoms with Gasteiger partial charge in [-0.25, -0.2) is 0 Å². The van der Waals surface area contributed by atoms with Gasteiger partial charge in [0.1, 0.15) is 5.75 Å². The summed E-state index contributed by atoms with van der Waals surface area (Å²) in [4.78, 5) is 11.7.